The van der Waals surface area contributed by atoms with Crippen molar-refractivity contribution < 1.29 is 14.3 Å². The van der Waals surface area contributed by atoms with Crippen molar-refractivity contribution in [2.45, 2.75) is 32.7 Å². The second kappa shape index (κ2) is 8.53. The summed E-state index contributed by atoms with van der Waals surface area (Å²) in [5, 5.41) is 3.79. The summed E-state index contributed by atoms with van der Waals surface area (Å²) < 4.78 is 10.9. The number of carbonyl (C=O) groups excluding carboxylic acids is 1. The van der Waals surface area contributed by atoms with Gasteiger partial charge in [0.05, 0.1) is 12.2 Å². The number of aromatic nitrogens is 1. The first-order chi connectivity index (χ1) is 14.6. The lowest BCUT2D eigenvalue weighted by molar-refractivity contribution is -0.117. The molecule has 1 amide bonds. The number of hydrogen-bond donors (Lipinski definition) is 1. The highest BCUT2D eigenvalue weighted by Gasteiger charge is 2.23. The molecule has 3 aliphatic rings. The van der Waals surface area contributed by atoms with Gasteiger partial charge in [0.25, 0.3) is 0 Å². The Morgan fingerprint density at radius 1 is 1.20 bits per heavy atom. The Morgan fingerprint density at radius 3 is 2.87 bits per heavy atom. The molecule has 2 aromatic rings. The van der Waals surface area contributed by atoms with E-state index in [1.54, 1.807) is 11.3 Å². The average molecular weight is 429 g/mol. The highest BCUT2D eigenvalue weighted by atomic mass is 32.1. The molecule has 0 saturated carbocycles. The van der Waals surface area contributed by atoms with Crippen molar-refractivity contribution in [3.05, 3.63) is 34.3 Å². The number of aryl methyl sites for hydroxylation is 1. The zero-order valence-electron chi connectivity index (χ0n) is 17.4. The van der Waals surface area contributed by atoms with Crippen LogP contribution in [0.1, 0.15) is 29.5 Å². The van der Waals surface area contributed by atoms with Gasteiger partial charge in [-0.05, 0) is 42.9 Å². The van der Waals surface area contributed by atoms with Crippen molar-refractivity contribution in [1.82, 2.24) is 14.8 Å². The summed E-state index contributed by atoms with van der Waals surface area (Å²) in [6.45, 7) is 7.59. The van der Waals surface area contributed by atoms with Crippen LogP contribution in [0.3, 0.4) is 0 Å². The maximum atomic E-state index is 12.5. The maximum absolute atomic E-state index is 12.5. The van der Waals surface area contributed by atoms with E-state index in [1.165, 1.54) is 22.6 Å². The summed E-state index contributed by atoms with van der Waals surface area (Å²) in [5.41, 5.74) is 2.41. The molecule has 0 unspecified atom stereocenters. The van der Waals surface area contributed by atoms with Crippen molar-refractivity contribution in [3.8, 4) is 11.5 Å². The zero-order valence-corrected chi connectivity index (χ0v) is 18.2. The first kappa shape index (κ1) is 19.8. The van der Waals surface area contributed by atoms with E-state index in [1.807, 2.05) is 6.07 Å². The quantitative estimate of drug-likeness (QED) is 0.790. The van der Waals surface area contributed by atoms with Gasteiger partial charge in [0.1, 0.15) is 0 Å². The summed E-state index contributed by atoms with van der Waals surface area (Å²) in [7, 11) is 0. The molecule has 0 bridgehead atoms. The Morgan fingerprint density at radius 2 is 2.00 bits per heavy atom. The summed E-state index contributed by atoms with van der Waals surface area (Å²) in [4.78, 5) is 23.1. The van der Waals surface area contributed by atoms with E-state index in [0.717, 1.165) is 68.1 Å². The fourth-order valence-corrected chi connectivity index (χ4v) is 5.55. The van der Waals surface area contributed by atoms with Crippen molar-refractivity contribution in [2.75, 3.05) is 44.8 Å². The van der Waals surface area contributed by atoms with Gasteiger partial charge >= 0.3 is 0 Å². The van der Waals surface area contributed by atoms with E-state index in [2.05, 4.69) is 39.2 Å². The molecule has 1 saturated heterocycles. The number of piperazine rings is 1. The van der Waals surface area contributed by atoms with E-state index in [-0.39, 0.29) is 5.91 Å². The molecule has 2 aliphatic heterocycles. The van der Waals surface area contributed by atoms with Crippen LogP contribution in [-0.2, 0) is 24.2 Å². The van der Waals surface area contributed by atoms with E-state index >= 15 is 0 Å². The van der Waals surface area contributed by atoms with E-state index in [9.17, 15) is 4.79 Å². The number of hydrogen-bond acceptors (Lipinski definition) is 7. The minimum Gasteiger partial charge on any atom is -0.454 e. The van der Waals surface area contributed by atoms with Crippen LogP contribution in [0.2, 0.25) is 0 Å². The molecule has 0 radical (unpaired) electrons. The van der Waals surface area contributed by atoms with Gasteiger partial charge in [0, 0.05) is 37.6 Å². The normalized spacial score (nSPS) is 21.4. The number of amides is 1. The highest BCUT2D eigenvalue weighted by Crippen LogP contribution is 2.33. The number of benzene rings is 1. The Bertz CT molecular complexity index is 923. The van der Waals surface area contributed by atoms with Gasteiger partial charge < -0.3 is 14.8 Å². The summed E-state index contributed by atoms with van der Waals surface area (Å²) >= 11 is 1.65. The standard InChI is InChI=1S/C22H28N4O3S/c1-15-2-4-17-20(10-15)30-22(23-17)24-21(27)13-26-8-6-25(7-9-26)12-16-3-5-18-19(11-16)29-14-28-18/h3,5,11,15H,2,4,6-10,12-14H2,1H3,(H,23,24,27)/t15-/m0/s1. The van der Waals surface area contributed by atoms with Crippen LogP contribution < -0.4 is 14.8 Å². The second-order valence-electron chi connectivity index (χ2n) is 8.52. The molecule has 1 N–H and O–H groups in total. The van der Waals surface area contributed by atoms with Gasteiger partial charge in [-0.1, -0.05) is 13.0 Å². The summed E-state index contributed by atoms with van der Waals surface area (Å²) in [6.07, 6.45) is 3.32. The third-order valence-electron chi connectivity index (χ3n) is 6.11. The third kappa shape index (κ3) is 4.45. The van der Waals surface area contributed by atoms with Crippen LogP contribution in [0.4, 0.5) is 5.13 Å². The minimum atomic E-state index is 0.0402. The molecule has 1 aliphatic carbocycles. The molecular formula is C22H28N4O3S. The Balaban J connectivity index is 1.08. The average Bonchev–Trinajstić information content (AvgIpc) is 3.34. The summed E-state index contributed by atoms with van der Waals surface area (Å²) in [6, 6.07) is 6.15. The van der Waals surface area contributed by atoms with E-state index in [0.29, 0.717) is 13.3 Å². The number of ether oxygens (including phenoxy) is 2. The number of nitrogens with zero attached hydrogens (tertiary/aromatic N) is 3. The smallest absolute Gasteiger partial charge is 0.240 e. The van der Waals surface area contributed by atoms with Crippen LogP contribution in [0.5, 0.6) is 11.5 Å². The number of carbonyl (C=O) groups is 1. The monoisotopic (exact) mass is 428 g/mol. The molecule has 1 aromatic carbocycles. The summed E-state index contributed by atoms with van der Waals surface area (Å²) in [5.74, 6) is 2.42. The van der Waals surface area contributed by atoms with Crippen molar-refractivity contribution >= 4 is 22.4 Å². The Hall–Kier alpha value is -2.16. The Kier molecular flexibility index (Phi) is 5.62. The van der Waals surface area contributed by atoms with Crippen LogP contribution in [0, 0.1) is 5.92 Å². The largest absolute Gasteiger partial charge is 0.454 e. The number of anilines is 1. The fourth-order valence-electron chi connectivity index (χ4n) is 4.36. The number of fused-ring (bicyclic) bond motifs is 2. The van der Waals surface area contributed by atoms with Crippen LogP contribution >= 0.6 is 11.3 Å². The number of thiazole rings is 1. The van der Waals surface area contributed by atoms with Crippen LogP contribution in [0.25, 0.3) is 0 Å². The molecule has 1 atom stereocenters. The third-order valence-corrected chi connectivity index (χ3v) is 7.14. The first-order valence-corrected chi connectivity index (χ1v) is 11.6. The second-order valence-corrected chi connectivity index (χ2v) is 9.61. The first-order valence-electron chi connectivity index (χ1n) is 10.7. The van der Waals surface area contributed by atoms with Crippen LogP contribution in [-0.4, -0.2) is 60.2 Å². The highest BCUT2D eigenvalue weighted by molar-refractivity contribution is 7.15. The topological polar surface area (TPSA) is 66.9 Å². The van der Waals surface area contributed by atoms with Crippen molar-refractivity contribution in [2.24, 2.45) is 5.92 Å². The fraction of sp³-hybridized carbons (Fsp3) is 0.545. The van der Waals surface area contributed by atoms with E-state index < -0.39 is 0 Å². The van der Waals surface area contributed by atoms with E-state index in [4.69, 9.17) is 9.47 Å². The maximum Gasteiger partial charge on any atom is 0.240 e. The molecule has 1 aromatic heterocycles. The molecule has 8 heteroatoms. The van der Waals surface area contributed by atoms with Gasteiger partial charge in [-0.15, -0.1) is 11.3 Å². The molecule has 30 heavy (non-hydrogen) atoms. The van der Waals surface area contributed by atoms with Gasteiger partial charge in [0.15, 0.2) is 16.6 Å². The van der Waals surface area contributed by atoms with Gasteiger partial charge in [-0.3, -0.25) is 14.6 Å². The lowest BCUT2D eigenvalue weighted by Crippen LogP contribution is -2.48. The predicted octanol–water partition coefficient (Wildman–Crippen LogP) is 2.75. The molecule has 7 nitrogen and oxygen atoms in total. The lowest BCUT2D eigenvalue weighted by Gasteiger charge is -2.34. The molecule has 0 spiro atoms. The minimum absolute atomic E-state index is 0.0402. The molecule has 1 fully saturated rings. The SMILES string of the molecule is C[C@H]1CCc2nc(NC(=O)CN3CCN(Cc4ccc5c(c4)OCO5)CC3)sc2C1. The Labute approximate surface area is 181 Å². The number of rotatable bonds is 5. The van der Waals surface area contributed by atoms with Crippen molar-refractivity contribution in [3.63, 3.8) is 0 Å². The van der Waals surface area contributed by atoms with Crippen LogP contribution in [0.15, 0.2) is 18.2 Å². The van der Waals surface area contributed by atoms with Gasteiger partial charge in [0.2, 0.25) is 12.7 Å². The molecule has 5 rings (SSSR count). The number of nitrogens with one attached hydrogen (secondary N) is 1. The molecule has 160 valence electrons. The lowest BCUT2D eigenvalue weighted by atomic mass is 9.93. The van der Waals surface area contributed by atoms with Gasteiger partial charge in [-0.25, -0.2) is 4.98 Å². The van der Waals surface area contributed by atoms with Gasteiger partial charge in [-0.2, -0.15) is 0 Å². The zero-order chi connectivity index (χ0) is 20.5. The predicted molar refractivity (Wildman–Crippen MR) is 116 cm³/mol. The van der Waals surface area contributed by atoms with Crippen molar-refractivity contribution in [1.29, 1.82) is 0 Å². The molecule has 3 heterocycles. The molecular weight excluding hydrogens is 400 g/mol.